The van der Waals surface area contributed by atoms with Crippen LogP contribution in [0.2, 0.25) is 0 Å². The number of methoxy groups -OCH3 is 1. The Kier molecular flexibility index (Phi) is 5.15. The number of rotatable bonds is 4. The van der Waals surface area contributed by atoms with Gasteiger partial charge in [-0.1, -0.05) is 25.1 Å². The van der Waals surface area contributed by atoms with E-state index in [4.69, 9.17) is 28.4 Å². The Morgan fingerprint density at radius 3 is 2.55 bits per heavy atom. The first kappa shape index (κ1) is 24.8. The maximum Gasteiger partial charge on any atom is 0.338 e. The lowest BCUT2D eigenvalue weighted by molar-refractivity contribution is -0.182. The number of hydrogen-bond donors (Lipinski definition) is 0. The molecule has 38 heavy (non-hydrogen) atoms. The minimum Gasteiger partial charge on any atom is -0.458 e. The lowest BCUT2D eigenvalue weighted by Gasteiger charge is -2.59. The summed E-state index contributed by atoms with van der Waals surface area (Å²) in [4.78, 5) is 25.8. The molecule has 3 saturated carbocycles. The van der Waals surface area contributed by atoms with E-state index in [1.165, 1.54) is 0 Å². The van der Waals surface area contributed by atoms with Gasteiger partial charge in [0.1, 0.15) is 23.9 Å². The molecule has 10 atom stereocenters. The van der Waals surface area contributed by atoms with Crippen LogP contribution in [0.1, 0.15) is 57.3 Å². The molecule has 1 aromatic rings. The van der Waals surface area contributed by atoms with Crippen molar-refractivity contribution in [3.05, 3.63) is 47.5 Å². The number of ether oxygens (including phenoxy) is 6. The molecule has 8 nitrogen and oxygen atoms in total. The van der Waals surface area contributed by atoms with Crippen LogP contribution in [0, 0.1) is 22.7 Å². The summed E-state index contributed by atoms with van der Waals surface area (Å²) >= 11 is 0. The van der Waals surface area contributed by atoms with E-state index in [2.05, 4.69) is 13.8 Å². The van der Waals surface area contributed by atoms with E-state index in [0.717, 1.165) is 24.8 Å². The zero-order valence-corrected chi connectivity index (χ0v) is 22.6. The van der Waals surface area contributed by atoms with Crippen molar-refractivity contribution in [3.63, 3.8) is 0 Å². The first-order valence-corrected chi connectivity index (χ1v) is 13.8. The van der Waals surface area contributed by atoms with Crippen molar-refractivity contribution in [3.8, 4) is 0 Å². The Labute approximate surface area is 222 Å². The molecule has 1 spiro atoms. The molecule has 8 heteroatoms. The summed E-state index contributed by atoms with van der Waals surface area (Å²) in [5.74, 6) is -1.31. The van der Waals surface area contributed by atoms with Crippen molar-refractivity contribution < 1.29 is 38.0 Å². The lowest BCUT2D eigenvalue weighted by Crippen LogP contribution is -2.69. The Bertz CT molecular complexity index is 1210. The first-order valence-electron chi connectivity index (χ1n) is 13.8. The second kappa shape index (κ2) is 7.90. The quantitative estimate of drug-likeness (QED) is 0.434. The third-order valence-electron chi connectivity index (χ3n) is 10.6. The number of hydrogen-bond acceptors (Lipinski definition) is 8. The molecule has 3 heterocycles. The van der Waals surface area contributed by atoms with E-state index < -0.39 is 29.0 Å². The molecular weight excluding hydrogens is 488 g/mol. The van der Waals surface area contributed by atoms with Gasteiger partial charge in [-0.15, -0.1) is 0 Å². The van der Waals surface area contributed by atoms with Crippen LogP contribution in [0.15, 0.2) is 42.0 Å². The lowest BCUT2D eigenvalue weighted by atomic mass is 9.45. The summed E-state index contributed by atoms with van der Waals surface area (Å²) in [5, 5.41) is 0. The van der Waals surface area contributed by atoms with Gasteiger partial charge in [-0.2, -0.15) is 0 Å². The number of carbonyl (C=O) groups is 2. The maximum atomic E-state index is 13.1. The zero-order valence-electron chi connectivity index (χ0n) is 22.6. The van der Waals surface area contributed by atoms with Crippen LogP contribution in [0.3, 0.4) is 0 Å². The van der Waals surface area contributed by atoms with Crippen LogP contribution in [0.4, 0.5) is 0 Å². The van der Waals surface area contributed by atoms with Crippen molar-refractivity contribution in [2.45, 2.75) is 88.9 Å². The predicted molar refractivity (Wildman–Crippen MR) is 134 cm³/mol. The number of cyclic esters (lactones) is 1. The largest absolute Gasteiger partial charge is 0.458 e. The van der Waals surface area contributed by atoms with Crippen molar-refractivity contribution in [1.29, 1.82) is 0 Å². The van der Waals surface area contributed by atoms with E-state index in [0.29, 0.717) is 5.56 Å². The topological polar surface area (TPSA) is 92.8 Å². The van der Waals surface area contributed by atoms with Gasteiger partial charge in [-0.25, -0.2) is 9.59 Å². The molecule has 0 aromatic heterocycles. The highest BCUT2D eigenvalue weighted by molar-refractivity contribution is 5.89. The molecule has 204 valence electrons. The number of carbonyl (C=O) groups excluding carboxylic acids is 2. The molecule has 0 amide bonds. The summed E-state index contributed by atoms with van der Waals surface area (Å²) in [5.41, 5.74) is -0.0277. The first-order chi connectivity index (χ1) is 18.0. The smallest absolute Gasteiger partial charge is 0.338 e. The highest BCUT2D eigenvalue weighted by Crippen LogP contribution is 2.76. The number of fused-ring (bicyclic) bond motifs is 6. The van der Waals surface area contributed by atoms with E-state index in [9.17, 15) is 9.59 Å². The molecule has 0 unspecified atom stereocenters. The standard InChI is InChI=1S/C30H36O8/c1-27(2)37-24-18-13-22(31)34-21(15-33-5)29(18,4)30-20(36-30)14-28(3)17(23(30)25(24)38-27)11-12-19(28)35-26(32)16-9-7-6-8-10-16/h6-10,13,17,19-21,23-25H,11-12,14-15H2,1-5H3/t17-,19-,20+,21+,23+,24+,25-,28-,29+,30+/m0/s1. The summed E-state index contributed by atoms with van der Waals surface area (Å²) < 4.78 is 37.7. The summed E-state index contributed by atoms with van der Waals surface area (Å²) in [7, 11) is 1.63. The summed E-state index contributed by atoms with van der Waals surface area (Å²) in [6.45, 7) is 8.52. The van der Waals surface area contributed by atoms with Crippen molar-refractivity contribution in [2.75, 3.05) is 13.7 Å². The molecule has 3 aliphatic heterocycles. The van der Waals surface area contributed by atoms with Crippen molar-refractivity contribution in [1.82, 2.24) is 0 Å². The van der Waals surface area contributed by atoms with Crippen molar-refractivity contribution in [2.24, 2.45) is 22.7 Å². The molecule has 0 bridgehead atoms. The van der Waals surface area contributed by atoms with E-state index in [1.807, 2.05) is 32.0 Å². The minimum atomic E-state index is -0.809. The Morgan fingerprint density at radius 2 is 1.82 bits per heavy atom. The molecule has 1 aromatic carbocycles. The maximum absolute atomic E-state index is 13.1. The van der Waals surface area contributed by atoms with Gasteiger partial charge in [-0.05, 0) is 63.7 Å². The minimum absolute atomic E-state index is 0.0169. The molecular formula is C30H36O8. The second-order valence-electron chi connectivity index (χ2n) is 12.8. The van der Waals surface area contributed by atoms with E-state index in [-0.39, 0.29) is 54.1 Å². The van der Waals surface area contributed by atoms with Gasteiger partial charge >= 0.3 is 11.9 Å². The van der Waals surface area contributed by atoms with Gasteiger partial charge in [0.05, 0.1) is 29.8 Å². The van der Waals surface area contributed by atoms with Crippen LogP contribution in [-0.4, -0.2) is 67.6 Å². The van der Waals surface area contributed by atoms with Crippen LogP contribution in [-0.2, 0) is 33.2 Å². The molecule has 2 saturated heterocycles. The van der Waals surface area contributed by atoms with Gasteiger partial charge in [0.15, 0.2) is 5.79 Å². The van der Waals surface area contributed by atoms with Crippen molar-refractivity contribution >= 4 is 11.9 Å². The fourth-order valence-corrected chi connectivity index (χ4v) is 8.98. The Hall–Kier alpha value is -2.26. The molecule has 0 radical (unpaired) electrons. The predicted octanol–water partition coefficient (Wildman–Crippen LogP) is 3.82. The molecule has 6 aliphatic rings. The highest BCUT2D eigenvalue weighted by Gasteiger charge is 2.85. The molecule has 3 aliphatic carbocycles. The van der Waals surface area contributed by atoms with E-state index >= 15 is 0 Å². The van der Waals surface area contributed by atoms with Crippen LogP contribution in [0.25, 0.3) is 0 Å². The third-order valence-corrected chi connectivity index (χ3v) is 10.6. The van der Waals surface area contributed by atoms with Gasteiger partial charge < -0.3 is 28.4 Å². The Balaban J connectivity index is 1.30. The fourth-order valence-electron chi connectivity index (χ4n) is 8.98. The average Bonchev–Trinajstić information content (AvgIpc) is 3.38. The molecule has 7 rings (SSSR count). The summed E-state index contributed by atoms with van der Waals surface area (Å²) in [6.07, 6.45) is 2.57. The highest BCUT2D eigenvalue weighted by atomic mass is 16.8. The summed E-state index contributed by atoms with van der Waals surface area (Å²) in [6, 6.07) is 9.17. The van der Waals surface area contributed by atoms with Crippen LogP contribution >= 0.6 is 0 Å². The molecule has 5 fully saturated rings. The molecule has 0 N–H and O–H groups in total. The van der Waals surface area contributed by atoms with Gasteiger partial charge in [0, 0.05) is 24.5 Å². The van der Waals surface area contributed by atoms with Gasteiger partial charge in [-0.3, -0.25) is 0 Å². The fraction of sp³-hybridized carbons (Fsp3) is 0.667. The number of epoxide rings is 1. The van der Waals surface area contributed by atoms with Crippen LogP contribution in [0.5, 0.6) is 0 Å². The zero-order chi connectivity index (χ0) is 26.7. The number of esters is 2. The average molecular weight is 525 g/mol. The Morgan fingerprint density at radius 1 is 1.05 bits per heavy atom. The second-order valence-corrected chi connectivity index (χ2v) is 12.8. The van der Waals surface area contributed by atoms with Gasteiger partial charge in [0.2, 0.25) is 0 Å². The SMILES string of the molecule is COC[C@H]1OC(=O)C=C2[C@H]3OC(C)(C)O[C@H]3[C@H]3[C@@H]4CC[C@H](OC(=O)c5ccccc5)[C@@]4(C)C[C@H]4O[C@@]34[C@]21C. The van der Waals surface area contributed by atoms with E-state index in [1.54, 1.807) is 25.3 Å². The third kappa shape index (κ3) is 3.06. The van der Waals surface area contributed by atoms with Crippen LogP contribution < -0.4 is 0 Å². The number of benzene rings is 1. The monoisotopic (exact) mass is 524 g/mol. The van der Waals surface area contributed by atoms with Gasteiger partial charge in [0.25, 0.3) is 0 Å². The normalized spacial score (nSPS) is 47.4.